The van der Waals surface area contributed by atoms with Crippen LogP contribution in [0.15, 0.2) is 11.1 Å². The largest absolute Gasteiger partial charge is 0.281 e. The lowest BCUT2D eigenvalue weighted by Crippen LogP contribution is -2.29. The number of rotatable bonds is 2. The quantitative estimate of drug-likeness (QED) is 0.823. The first-order chi connectivity index (χ1) is 7.01. The summed E-state index contributed by atoms with van der Waals surface area (Å²) in [5, 5.41) is 6.38. The van der Waals surface area contributed by atoms with E-state index >= 15 is 0 Å². The van der Waals surface area contributed by atoms with E-state index in [4.69, 9.17) is 0 Å². The van der Waals surface area contributed by atoms with Crippen LogP contribution in [-0.4, -0.2) is 40.8 Å². The summed E-state index contributed by atoms with van der Waals surface area (Å²) in [6.45, 7) is 2.82. The fourth-order valence-electron chi connectivity index (χ4n) is 1.64. The van der Waals surface area contributed by atoms with Crippen LogP contribution in [0.1, 0.15) is 12.1 Å². The van der Waals surface area contributed by atoms with Crippen molar-refractivity contribution in [3.63, 3.8) is 0 Å². The molecule has 2 rings (SSSR count). The number of hydrogen-bond donors (Lipinski definition) is 1. The van der Waals surface area contributed by atoms with E-state index in [0.29, 0.717) is 18.8 Å². The van der Waals surface area contributed by atoms with Gasteiger partial charge < -0.3 is 0 Å². The van der Waals surface area contributed by atoms with Gasteiger partial charge in [0.2, 0.25) is 10.0 Å². The SMILES string of the molecule is Cc1[nH]ncc1S(=O)(=O)N1CCC(Br)C1. The van der Waals surface area contributed by atoms with E-state index in [0.717, 1.165) is 6.42 Å². The number of sulfonamides is 1. The summed E-state index contributed by atoms with van der Waals surface area (Å²) >= 11 is 3.42. The van der Waals surface area contributed by atoms with Crippen LogP contribution in [0.2, 0.25) is 0 Å². The lowest BCUT2D eigenvalue weighted by Gasteiger charge is -2.14. The van der Waals surface area contributed by atoms with Crippen molar-refractivity contribution in [3.05, 3.63) is 11.9 Å². The summed E-state index contributed by atoms with van der Waals surface area (Å²) in [5.74, 6) is 0. The maximum absolute atomic E-state index is 12.1. The van der Waals surface area contributed by atoms with E-state index in [9.17, 15) is 8.42 Å². The van der Waals surface area contributed by atoms with Crippen LogP contribution < -0.4 is 0 Å². The average molecular weight is 294 g/mol. The zero-order valence-corrected chi connectivity index (χ0v) is 10.7. The zero-order valence-electron chi connectivity index (χ0n) is 8.27. The lowest BCUT2D eigenvalue weighted by molar-refractivity contribution is 0.478. The van der Waals surface area contributed by atoms with Gasteiger partial charge in [-0.3, -0.25) is 5.10 Å². The number of aromatic amines is 1. The molecule has 1 atom stereocenters. The van der Waals surface area contributed by atoms with E-state index < -0.39 is 10.0 Å². The van der Waals surface area contributed by atoms with Gasteiger partial charge in [0, 0.05) is 17.9 Å². The number of nitrogens with zero attached hydrogens (tertiary/aromatic N) is 2. The highest BCUT2D eigenvalue weighted by Gasteiger charge is 2.32. The third-order valence-electron chi connectivity index (χ3n) is 2.49. The molecule has 1 unspecified atom stereocenters. The molecule has 1 saturated heterocycles. The normalized spacial score (nSPS) is 23.5. The number of hydrogen-bond acceptors (Lipinski definition) is 3. The molecule has 1 aromatic heterocycles. The van der Waals surface area contributed by atoms with Crippen molar-refractivity contribution < 1.29 is 8.42 Å². The number of H-pyrrole nitrogens is 1. The number of aromatic nitrogens is 2. The molecule has 84 valence electrons. The molecule has 15 heavy (non-hydrogen) atoms. The molecule has 0 bridgehead atoms. The summed E-state index contributed by atoms with van der Waals surface area (Å²) in [5.41, 5.74) is 0.591. The molecular formula is C8H12BrN3O2S. The van der Waals surface area contributed by atoms with E-state index in [1.54, 1.807) is 6.92 Å². The van der Waals surface area contributed by atoms with Gasteiger partial charge in [0.1, 0.15) is 4.90 Å². The molecule has 1 aromatic rings. The van der Waals surface area contributed by atoms with Gasteiger partial charge in [0.05, 0.1) is 11.9 Å². The van der Waals surface area contributed by atoms with Crippen molar-refractivity contribution >= 4 is 26.0 Å². The minimum absolute atomic E-state index is 0.263. The molecule has 0 aromatic carbocycles. The van der Waals surface area contributed by atoms with Crippen molar-refractivity contribution in [3.8, 4) is 0 Å². The Balaban J connectivity index is 2.32. The zero-order chi connectivity index (χ0) is 11.1. The van der Waals surface area contributed by atoms with Crippen LogP contribution in [0.25, 0.3) is 0 Å². The Kier molecular flexibility index (Phi) is 2.87. The second-order valence-electron chi connectivity index (χ2n) is 3.61. The summed E-state index contributed by atoms with van der Waals surface area (Å²) in [7, 11) is -3.35. The third-order valence-corrected chi connectivity index (χ3v) is 5.22. The average Bonchev–Trinajstić information content (AvgIpc) is 2.74. The van der Waals surface area contributed by atoms with Gasteiger partial charge in [-0.2, -0.15) is 9.40 Å². The van der Waals surface area contributed by atoms with Crippen LogP contribution in [0, 0.1) is 6.92 Å². The Morgan fingerprint density at radius 2 is 2.40 bits per heavy atom. The molecule has 1 N–H and O–H groups in total. The lowest BCUT2D eigenvalue weighted by atomic mass is 10.4. The molecular weight excluding hydrogens is 282 g/mol. The molecule has 0 aliphatic carbocycles. The Hall–Kier alpha value is -0.400. The van der Waals surface area contributed by atoms with Crippen LogP contribution in [-0.2, 0) is 10.0 Å². The molecule has 0 radical (unpaired) electrons. The maximum Gasteiger partial charge on any atom is 0.246 e. The molecule has 5 nitrogen and oxygen atoms in total. The molecule has 7 heteroatoms. The van der Waals surface area contributed by atoms with Crippen LogP contribution in [0.4, 0.5) is 0 Å². The molecule has 1 aliphatic rings. The first-order valence-corrected chi connectivity index (χ1v) is 7.01. The Bertz CT molecular complexity index is 456. The Labute approximate surface area is 97.0 Å². The fraction of sp³-hybridized carbons (Fsp3) is 0.625. The van der Waals surface area contributed by atoms with Crippen molar-refractivity contribution in [1.82, 2.24) is 14.5 Å². The molecule has 1 fully saturated rings. The van der Waals surface area contributed by atoms with E-state index in [-0.39, 0.29) is 9.72 Å². The van der Waals surface area contributed by atoms with Gasteiger partial charge in [-0.25, -0.2) is 8.42 Å². The smallest absolute Gasteiger partial charge is 0.246 e. The predicted molar refractivity (Wildman–Crippen MR) is 59.4 cm³/mol. The maximum atomic E-state index is 12.1. The minimum atomic E-state index is -3.35. The summed E-state index contributed by atoms with van der Waals surface area (Å²) in [6.07, 6.45) is 2.22. The predicted octanol–water partition coefficient (Wildman–Crippen LogP) is 0.876. The highest BCUT2D eigenvalue weighted by Crippen LogP contribution is 2.25. The number of aryl methyl sites for hydroxylation is 1. The molecule has 0 amide bonds. The third kappa shape index (κ3) is 1.95. The Morgan fingerprint density at radius 3 is 2.87 bits per heavy atom. The van der Waals surface area contributed by atoms with E-state index in [2.05, 4.69) is 26.1 Å². The molecule has 0 saturated carbocycles. The van der Waals surface area contributed by atoms with Crippen LogP contribution in [0.3, 0.4) is 0 Å². The standard InChI is InChI=1S/C8H12BrN3O2S/c1-6-8(4-10-11-6)15(13,14)12-3-2-7(9)5-12/h4,7H,2-3,5H2,1H3,(H,10,11). The van der Waals surface area contributed by atoms with Crippen molar-refractivity contribution in [2.24, 2.45) is 0 Å². The van der Waals surface area contributed by atoms with Crippen molar-refractivity contribution in [2.75, 3.05) is 13.1 Å². The summed E-state index contributed by atoms with van der Waals surface area (Å²) in [6, 6.07) is 0. The Morgan fingerprint density at radius 1 is 1.67 bits per heavy atom. The fourth-order valence-corrected chi connectivity index (χ4v) is 4.01. The van der Waals surface area contributed by atoms with Gasteiger partial charge in [0.15, 0.2) is 0 Å². The minimum Gasteiger partial charge on any atom is -0.281 e. The van der Waals surface area contributed by atoms with Gasteiger partial charge in [0.25, 0.3) is 0 Å². The molecule has 2 heterocycles. The first kappa shape index (κ1) is 11.1. The number of alkyl halides is 1. The van der Waals surface area contributed by atoms with Gasteiger partial charge in [-0.1, -0.05) is 15.9 Å². The van der Waals surface area contributed by atoms with Crippen LogP contribution in [0.5, 0.6) is 0 Å². The van der Waals surface area contributed by atoms with Gasteiger partial charge in [-0.15, -0.1) is 0 Å². The monoisotopic (exact) mass is 293 g/mol. The van der Waals surface area contributed by atoms with Gasteiger partial charge in [-0.05, 0) is 13.3 Å². The second kappa shape index (κ2) is 3.88. The number of nitrogens with one attached hydrogen (secondary N) is 1. The van der Waals surface area contributed by atoms with Crippen molar-refractivity contribution in [2.45, 2.75) is 23.1 Å². The molecule has 0 spiro atoms. The van der Waals surface area contributed by atoms with Gasteiger partial charge >= 0.3 is 0 Å². The highest BCUT2D eigenvalue weighted by atomic mass is 79.9. The second-order valence-corrected chi connectivity index (χ2v) is 6.81. The summed E-state index contributed by atoms with van der Waals surface area (Å²) < 4.78 is 25.7. The topological polar surface area (TPSA) is 66.1 Å². The summed E-state index contributed by atoms with van der Waals surface area (Å²) in [4.78, 5) is 0.545. The highest BCUT2D eigenvalue weighted by molar-refractivity contribution is 9.09. The molecule has 1 aliphatic heterocycles. The first-order valence-electron chi connectivity index (χ1n) is 4.66. The van der Waals surface area contributed by atoms with E-state index in [1.165, 1.54) is 10.5 Å². The van der Waals surface area contributed by atoms with Crippen molar-refractivity contribution in [1.29, 1.82) is 0 Å². The van der Waals surface area contributed by atoms with E-state index in [1.807, 2.05) is 0 Å². The van der Waals surface area contributed by atoms with Crippen LogP contribution >= 0.6 is 15.9 Å². The number of halogens is 1.